The molecule has 1 aliphatic carbocycles. The van der Waals surface area contributed by atoms with Crippen LogP contribution in [0.1, 0.15) is 12.8 Å². The summed E-state index contributed by atoms with van der Waals surface area (Å²) in [4.78, 5) is 2.17. The molecular formula is C21H27N3O4S2. The Morgan fingerprint density at radius 1 is 0.967 bits per heavy atom. The number of hydrogen-bond acceptors (Lipinski definition) is 5. The highest BCUT2D eigenvalue weighted by atomic mass is 32.3. The molecular weight excluding hydrogens is 422 g/mol. The van der Waals surface area contributed by atoms with Crippen molar-refractivity contribution in [1.82, 2.24) is 0 Å². The molecule has 9 heteroatoms. The number of fused-ring (bicyclic) bond motifs is 1. The van der Waals surface area contributed by atoms with Crippen molar-refractivity contribution in [3.8, 4) is 11.1 Å². The Hall–Kier alpha value is -1.94. The maximum Gasteiger partial charge on any atom is 0.326 e. The molecule has 0 spiro atoms. The zero-order valence-corrected chi connectivity index (χ0v) is 18.6. The first-order chi connectivity index (χ1) is 14.2. The third-order valence-electron chi connectivity index (χ3n) is 6.25. The summed E-state index contributed by atoms with van der Waals surface area (Å²) in [5.74, 6) is 1.27. The molecule has 0 unspecified atom stereocenters. The van der Waals surface area contributed by atoms with Gasteiger partial charge in [-0.25, -0.2) is 0 Å². The van der Waals surface area contributed by atoms with Gasteiger partial charge >= 0.3 is 10.2 Å². The van der Waals surface area contributed by atoms with Crippen molar-refractivity contribution >= 4 is 37.9 Å². The molecule has 2 aliphatic heterocycles. The Kier molecular flexibility index (Phi) is 4.70. The SMILES string of the molecule is CN1c2cc(-c3cccc(N4CCS(O)(O)CC4)c3)ccc2N(CC2CC2)S1(=O)=O. The Labute approximate surface area is 179 Å². The lowest BCUT2D eigenvalue weighted by molar-refractivity contribution is 0.479. The van der Waals surface area contributed by atoms with Crippen molar-refractivity contribution in [2.75, 3.05) is 51.7 Å². The molecule has 2 heterocycles. The zero-order chi connectivity index (χ0) is 21.1. The van der Waals surface area contributed by atoms with Crippen LogP contribution in [0.3, 0.4) is 0 Å². The molecule has 5 rings (SSSR count). The van der Waals surface area contributed by atoms with Crippen LogP contribution in [-0.4, -0.2) is 55.7 Å². The number of nitrogens with zero attached hydrogens (tertiary/aromatic N) is 3. The molecule has 2 N–H and O–H groups in total. The van der Waals surface area contributed by atoms with Crippen LogP contribution in [0.25, 0.3) is 11.1 Å². The maximum atomic E-state index is 12.9. The molecule has 2 aromatic carbocycles. The van der Waals surface area contributed by atoms with Crippen LogP contribution in [0.5, 0.6) is 0 Å². The standard InChI is InChI=1S/C21H27N3O4S2/c1-22-21-14-18(7-8-20(21)24(30(22,27)28)15-16-5-6-16)17-3-2-4-19(13-17)23-9-11-29(25,26)12-10-23/h2-4,7-8,13-14,16,25-26H,5-6,9-12,15H2,1H3. The average Bonchev–Trinajstić information content (AvgIpc) is 3.52. The Morgan fingerprint density at radius 3 is 2.37 bits per heavy atom. The van der Waals surface area contributed by atoms with E-state index in [1.54, 1.807) is 11.4 Å². The van der Waals surface area contributed by atoms with Gasteiger partial charge in [0.1, 0.15) is 0 Å². The fourth-order valence-corrected chi connectivity index (χ4v) is 6.88. The lowest BCUT2D eigenvalue weighted by Crippen LogP contribution is -2.38. The van der Waals surface area contributed by atoms with Gasteiger partial charge in [-0.15, -0.1) is 0 Å². The minimum absolute atomic E-state index is 0.398. The summed E-state index contributed by atoms with van der Waals surface area (Å²) >= 11 is 0. The number of benzene rings is 2. The van der Waals surface area contributed by atoms with Crippen molar-refractivity contribution in [3.05, 3.63) is 42.5 Å². The fourth-order valence-electron chi connectivity index (χ4n) is 4.16. The van der Waals surface area contributed by atoms with E-state index < -0.39 is 20.8 Å². The second kappa shape index (κ2) is 7.05. The molecule has 0 bridgehead atoms. The highest BCUT2D eigenvalue weighted by Crippen LogP contribution is 2.45. The molecule has 1 saturated carbocycles. The smallest absolute Gasteiger partial charge is 0.326 e. The summed E-state index contributed by atoms with van der Waals surface area (Å²) in [5, 5.41) is 0. The summed E-state index contributed by atoms with van der Waals surface area (Å²) in [5.41, 5.74) is 4.49. The summed E-state index contributed by atoms with van der Waals surface area (Å²) in [7, 11) is -4.31. The zero-order valence-electron chi connectivity index (χ0n) is 16.9. The molecule has 162 valence electrons. The van der Waals surface area contributed by atoms with Crippen LogP contribution in [0.4, 0.5) is 17.1 Å². The van der Waals surface area contributed by atoms with Gasteiger partial charge in [0.2, 0.25) is 0 Å². The fraction of sp³-hybridized carbons (Fsp3) is 0.429. The van der Waals surface area contributed by atoms with Gasteiger partial charge < -0.3 is 4.90 Å². The van der Waals surface area contributed by atoms with E-state index in [4.69, 9.17) is 0 Å². The van der Waals surface area contributed by atoms with Crippen molar-refractivity contribution in [1.29, 1.82) is 0 Å². The molecule has 30 heavy (non-hydrogen) atoms. The first-order valence-electron chi connectivity index (χ1n) is 10.2. The van der Waals surface area contributed by atoms with Gasteiger partial charge in [-0.3, -0.25) is 17.7 Å². The van der Waals surface area contributed by atoms with Gasteiger partial charge in [0.25, 0.3) is 0 Å². The second-order valence-electron chi connectivity index (χ2n) is 8.40. The Morgan fingerprint density at radius 2 is 1.67 bits per heavy atom. The third-order valence-corrected chi connectivity index (χ3v) is 9.71. The third kappa shape index (κ3) is 3.53. The summed E-state index contributed by atoms with van der Waals surface area (Å²) in [6.45, 7) is 1.79. The largest absolute Gasteiger partial charge is 0.368 e. The van der Waals surface area contributed by atoms with Gasteiger partial charge in [0.15, 0.2) is 0 Å². The van der Waals surface area contributed by atoms with Crippen molar-refractivity contribution < 1.29 is 17.5 Å². The molecule has 0 atom stereocenters. The van der Waals surface area contributed by atoms with Crippen LogP contribution in [-0.2, 0) is 10.2 Å². The first kappa shape index (κ1) is 20.0. The lowest BCUT2D eigenvalue weighted by atomic mass is 10.0. The van der Waals surface area contributed by atoms with Gasteiger partial charge in [-0.2, -0.15) is 19.0 Å². The number of anilines is 3. The van der Waals surface area contributed by atoms with Gasteiger partial charge in [0.05, 0.1) is 22.9 Å². The minimum atomic E-state index is -3.50. The molecule has 3 aliphatic rings. The molecule has 2 fully saturated rings. The van der Waals surface area contributed by atoms with Crippen molar-refractivity contribution in [2.45, 2.75) is 12.8 Å². The van der Waals surface area contributed by atoms with Gasteiger partial charge in [-0.05, 0) is 54.2 Å². The topological polar surface area (TPSA) is 84.3 Å². The molecule has 0 amide bonds. The van der Waals surface area contributed by atoms with Crippen LogP contribution >= 0.6 is 10.6 Å². The van der Waals surface area contributed by atoms with E-state index in [1.807, 2.05) is 36.4 Å². The van der Waals surface area contributed by atoms with Gasteiger partial charge in [-0.1, -0.05) is 18.2 Å². The molecule has 7 nitrogen and oxygen atoms in total. The Balaban J connectivity index is 1.45. The number of rotatable bonds is 4. The second-order valence-corrected chi connectivity index (χ2v) is 12.7. The number of hydrogen-bond donors (Lipinski definition) is 2. The summed E-state index contributed by atoms with van der Waals surface area (Å²) < 4.78 is 48.4. The summed E-state index contributed by atoms with van der Waals surface area (Å²) in [6.07, 6.45) is 2.20. The van der Waals surface area contributed by atoms with Crippen LogP contribution in [0, 0.1) is 5.92 Å². The van der Waals surface area contributed by atoms with E-state index in [0.29, 0.717) is 42.7 Å². The predicted octanol–water partition coefficient (Wildman–Crippen LogP) is 3.84. The van der Waals surface area contributed by atoms with E-state index in [-0.39, 0.29) is 0 Å². The highest BCUT2D eigenvalue weighted by molar-refractivity contribution is 8.24. The van der Waals surface area contributed by atoms with Crippen LogP contribution in [0.2, 0.25) is 0 Å². The lowest BCUT2D eigenvalue weighted by Gasteiger charge is -2.42. The van der Waals surface area contributed by atoms with Gasteiger partial charge in [0, 0.05) is 32.4 Å². The van der Waals surface area contributed by atoms with E-state index >= 15 is 0 Å². The normalized spacial score (nSPS) is 23.4. The quantitative estimate of drug-likeness (QED) is 0.741. The molecule has 2 aromatic rings. The van der Waals surface area contributed by atoms with E-state index in [9.17, 15) is 17.5 Å². The average molecular weight is 450 g/mol. The van der Waals surface area contributed by atoms with Crippen molar-refractivity contribution in [2.24, 2.45) is 5.92 Å². The first-order valence-corrected chi connectivity index (χ1v) is 13.5. The highest BCUT2D eigenvalue weighted by Gasteiger charge is 2.41. The predicted molar refractivity (Wildman–Crippen MR) is 124 cm³/mol. The molecule has 1 saturated heterocycles. The monoisotopic (exact) mass is 449 g/mol. The molecule has 0 radical (unpaired) electrons. The Bertz CT molecular complexity index is 1080. The maximum absolute atomic E-state index is 12.9. The van der Waals surface area contributed by atoms with E-state index in [1.165, 1.54) is 4.31 Å². The van der Waals surface area contributed by atoms with Crippen molar-refractivity contribution in [3.63, 3.8) is 0 Å². The van der Waals surface area contributed by atoms with Crippen LogP contribution in [0.15, 0.2) is 42.5 Å². The summed E-state index contributed by atoms with van der Waals surface area (Å²) in [6, 6.07) is 14.0. The minimum Gasteiger partial charge on any atom is -0.368 e. The van der Waals surface area contributed by atoms with E-state index in [2.05, 4.69) is 11.0 Å². The van der Waals surface area contributed by atoms with E-state index in [0.717, 1.165) is 35.3 Å². The van der Waals surface area contributed by atoms with Crippen LogP contribution < -0.4 is 13.5 Å². The molecule has 0 aromatic heterocycles.